The summed E-state index contributed by atoms with van der Waals surface area (Å²) < 4.78 is 5.85. The van der Waals surface area contributed by atoms with Gasteiger partial charge in [0, 0.05) is 13.5 Å². The number of aryl methyl sites for hydroxylation is 1. The molecule has 6 nitrogen and oxygen atoms in total. The summed E-state index contributed by atoms with van der Waals surface area (Å²) >= 11 is 0. The molecule has 0 radical (unpaired) electrons. The molecule has 2 fully saturated rings. The van der Waals surface area contributed by atoms with E-state index in [0.29, 0.717) is 12.8 Å². The molecule has 1 saturated carbocycles. The zero-order valence-electron chi connectivity index (χ0n) is 16.8. The van der Waals surface area contributed by atoms with Gasteiger partial charge in [-0.2, -0.15) is 0 Å². The molecule has 2 amide bonds. The van der Waals surface area contributed by atoms with Crippen LogP contribution in [0.5, 0.6) is 0 Å². The monoisotopic (exact) mass is 386 g/mol. The average Bonchev–Trinajstić information content (AvgIpc) is 3.21. The number of ketones is 1. The average molecular weight is 386 g/mol. The van der Waals surface area contributed by atoms with Gasteiger partial charge in [0.05, 0.1) is 6.04 Å². The van der Waals surface area contributed by atoms with Gasteiger partial charge in [-0.1, -0.05) is 37.1 Å². The van der Waals surface area contributed by atoms with Gasteiger partial charge in [-0.25, -0.2) is 4.79 Å². The van der Waals surface area contributed by atoms with E-state index in [2.05, 4.69) is 10.6 Å². The molecular formula is C22H30N2O4. The lowest BCUT2D eigenvalue weighted by Gasteiger charge is -2.41. The molecule has 2 aliphatic rings. The van der Waals surface area contributed by atoms with E-state index in [1.165, 1.54) is 0 Å². The van der Waals surface area contributed by atoms with E-state index in [0.717, 1.165) is 43.2 Å². The fourth-order valence-corrected chi connectivity index (χ4v) is 4.56. The van der Waals surface area contributed by atoms with Crippen molar-refractivity contribution >= 4 is 17.8 Å². The first kappa shape index (κ1) is 20.4. The van der Waals surface area contributed by atoms with Crippen LogP contribution in [0.3, 0.4) is 0 Å². The fraction of sp³-hybridized carbons (Fsp3) is 0.591. The molecule has 0 bridgehead atoms. The summed E-state index contributed by atoms with van der Waals surface area (Å²) in [5, 5.41) is 5.41. The van der Waals surface area contributed by atoms with Gasteiger partial charge in [-0.05, 0) is 49.7 Å². The Morgan fingerprint density at radius 1 is 1.21 bits per heavy atom. The summed E-state index contributed by atoms with van der Waals surface area (Å²) in [7, 11) is 1.59. The van der Waals surface area contributed by atoms with E-state index in [4.69, 9.17) is 4.74 Å². The number of nitrogens with one attached hydrogen (secondary N) is 2. The van der Waals surface area contributed by atoms with Crippen LogP contribution in [0, 0.1) is 5.92 Å². The molecule has 1 aliphatic heterocycles. The first-order chi connectivity index (χ1) is 13.4. The molecule has 152 valence electrons. The second-order valence-corrected chi connectivity index (χ2v) is 8.10. The summed E-state index contributed by atoms with van der Waals surface area (Å²) in [6.07, 6.45) is 6.06. The lowest BCUT2D eigenvalue weighted by molar-refractivity contribution is -0.178. The first-order valence-electron chi connectivity index (χ1n) is 10.2. The van der Waals surface area contributed by atoms with E-state index in [-0.39, 0.29) is 36.2 Å². The van der Waals surface area contributed by atoms with Gasteiger partial charge in [-0.3, -0.25) is 9.59 Å². The number of urea groups is 1. The highest BCUT2D eigenvalue weighted by atomic mass is 16.6. The molecule has 0 aromatic heterocycles. The second-order valence-electron chi connectivity index (χ2n) is 8.10. The predicted octanol–water partition coefficient (Wildman–Crippen LogP) is 3.44. The summed E-state index contributed by atoms with van der Waals surface area (Å²) in [5.41, 5.74) is 1.54. The summed E-state index contributed by atoms with van der Waals surface area (Å²) in [4.78, 5) is 35.6. The molecule has 28 heavy (non-hydrogen) atoms. The third-order valence-corrected chi connectivity index (χ3v) is 6.15. The Morgan fingerprint density at radius 3 is 2.50 bits per heavy atom. The normalized spacial score (nSPS) is 23.9. The maximum Gasteiger partial charge on any atom is 0.315 e. The van der Waals surface area contributed by atoms with Gasteiger partial charge in [0.1, 0.15) is 17.8 Å². The van der Waals surface area contributed by atoms with Crippen LogP contribution in [0.15, 0.2) is 24.3 Å². The van der Waals surface area contributed by atoms with Crippen molar-refractivity contribution in [3.63, 3.8) is 0 Å². The van der Waals surface area contributed by atoms with Gasteiger partial charge in [0.2, 0.25) is 0 Å². The van der Waals surface area contributed by atoms with Crippen molar-refractivity contribution in [1.82, 2.24) is 10.6 Å². The highest BCUT2D eigenvalue weighted by Crippen LogP contribution is 2.43. The molecule has 1 aromatic rings. The molecule has 2 N–H and O–H groups in total. The van der Waals surface area contributed by atoms with Crippen molar-refractivity contribution in [2.45, 2.75) is 69.9 Å². The predicted molar refractivity (Wildman–Crippen MR) is 106 cm³/mol. The molecule has 1 aliphatic carbocycles. The SMILES string of the molecule is CNC(=O)NC(C)c1ccc(CCC2(C3CCCC3)CC(=O)CC(=O)O2)cc1. The quantitative estimate of drug-likeness (QED) is 0.579. The van der Waals surface area contributed by atoms with Crippen LogP contribution in [-0.4, -0.2) is 30.4 Å². The molecule has 1 aromatic carbocycles. The summed E-state index contributed by atoms with van der Waals surface area (Å²) in [6.45, 7) is 1.94. The Morgan fingerprint density at radius 2 is 1.89 bits per heavy atom. The summed E-state index contributed by atoms with van der Waals surface area (Å²) in [6, 6.07) is 7.82. The number of rotatable bonds is 6. The van der Waals surface area contributed by atoms with Crippen LogP contribution in [0.2, 0.25) is 0 Å². The van der Waals surface area contributed by atoms with Crippen molar-refractivity contribution in [1.29, 1.82) is 0 Å². The van der Waals surface area contributed by atoms with Gasteiger partial charge in [0.15, 0.2) is 0 Å². The van der Waals surface area contributed by atoms with Gasteiger partial charge in [0.25, 0.3) is 0 Å². The lowest BCUT2D eigenvalue weighted by atomic mass is 9.76. The molecule has 0 spiro atoms. The number of hydrogen-bond acceptors (Lipinski definition) is 4. The van der Waals surface area contributed by atoms with E-state index < -0.39 is 5.60 Å². The molecular weight excluding hydrogens is 356 g/mol. The number of Topliss-reactive ketones (excluding diaryl/α,β-unsaturated/α-hetero) is 1. The number of benzene rings is 1. The maximum absolute atomic E-state index is 12.1. The maximum atomic E-state index is 12.1. The number of esters is 1. The van der Waals surface area contributed by atoms with Crippen LogP contribution in [0.25, 0.3) is 0 Å². The highest BCUT2D eigenvalue weighted by Gasteiger charge is 2.47. The standard InChI is InChI=1S/C22H30N2O4/c1-15(24-21(27)23-2)17-9-7-16(8-10-17)11-12-22(18-5-3-4-6-18)14-19(25)13-20(26)28-22/h7-10,15,18H,3-6,11-14H2,1-2H3,(H2,23,24,27). The fourth-order valence-electron chi connectivity index (χ4n) is 4.56. The number of amides is 2. The Balaban J connectivity index is 1.67. The molecule has 1 saturated heterocycles. The third-order valence-electron chi connectivity index (χ3n) is 6.15. The van der Waals surface area contributed by atoms with Crippen LogP contribution in [0.4, 0.5) is 4.79 Å². The van der Waals surface area contributed by atoms with Gasteiger partial charge < -0.3 is 15.4 Å². The van der Waals surface area contributed by atoms with Crippen LogP contribution in [0.1, 0.15) is 69.0 Å². The number of hydrogen-bond donors (Lipinski definition) is 2. The van der Waals surface area contributed by atoms with E-state index in [1.54, 1.807) is 7.05 Å². The van der Waals surface area contributed by atoms with E-state index >= 15 is 0 Å². The Labute approximate surface area is 166 Å². The van der Waals surface area contributed by atoms with Crippen molar-refractivity contribution in [3.05, 3.63) is 35.4 Å². The minimum absolute atomic E-state index is 0.00704. The summed E-state index contributed by atoms with van der Waals surface area (Å²) in [5.74, 6) is -0.0723. The number of carbonyl (C=O) groups excluding carboxylic acids is 3. The zero-order chi connectivity index (χ0) is 20.1. The third kappa shape index (κ3) is 4.72. The molecule has 6 heteroatoms. The van der Waals surface area contributed by atoms with Crippen molar-refractivity contribution in [2.75, 3.05) is 7.05 Å². The molecule has 2 unspecified atom stereocenters. The molecule has 1 heterocycles. The van der Waals surface area contributed by atoms with Crippen molar-refractivity contribution in [3.8, 4) is 0 Å². The largest absolute Gasteiger partial charge is 0.458 e. The Kier molecular flexibility index (Phi) is 6.37. The van der Waals surface area contributed by atoms with Crippen LogP contribution < -0.4 is 10.6 Å². The highest BCUT2D eigenvalue weighted by molar-refractivity contribution is 5.98. The smallest absolute Gasteiger partial charge is 0.315 e. The van der Waals surface area contributed by atoms with E-state index in [1.807, 2.05) is 31.2 Å². The molecule has 3 rings (SSSR count). The van der Waals surface area contributed by atoms with Gasteiger partial charge >= 0.3 is 12.0 Å². The Bertz CT molecular complexity index is 707. The number of ether oxygens (including phenoxy) is 1. The second kappa shape index (κ2) is 8.76. The first-order valence-corrected chi connectivity index (χ1v) is 10.2. The minimum Gasteiger partial charge on any atom is -0.458 e. The minimum atomic E-state index is -0.629. The van der Waals surface area contributed by atoms with Crippen LogP contribution >= 0.6 is 0 Å². The van der Waals surface area contributed by atoms with Crippen molar-refractivity contribution in [2.24, 2.45) is 5.92 Å². The number of carbonyl (C=O) groups is 3. The van der Waals surface area contributed by atoms with Crippen molar-refractivity contribution < 1.29 is 19.1 Å². The zero-order valence-corrected chi connectivity index (χ0v) is 16.8. The number of cyclic esters (lactones) is 1. The van der Waals surface area contributed by atoms with Gasteiger partial charge in [-0.15, -0.1) is 0 Å². The lowest BCUT2D eigenvalue weighted by Crippen LogP contribution is -2.48. The topological polar surface area (TPSA) is 84.5 Å². The molecule has 2 atom stereocenters. The Hall–Kier alpha value is -2.37. The van der Waals surface area contributed by atoms with Crippen LogP contribution in [-0.2, 0) is 20.7 Å². The van der Waals surface area contributed by atoms with E-state index in [9.17, 15) is 14.4 Å².